The molecule has 2 aromatic heterocycles. The number of para-hydroxylation sites is 2. The van der Waals surface area contributed by atoms with Crippen molar-refractivity contribution < 1.29 is 9.15 Å². The fraction of sp³-hybridized carbons (Fsp3) is 0.0426. The van der Waals surface area contributed by atoms with Crippen LogP contribution in [0.3, 0.4) is 0 Å². The molecule has 9 aromatic rings. The third-order valence-corrected chi connectivity index (χ3v) is 10.4. The maximum atomic E-state index is 6.49. The van der Waals surface area contributed by atoms with Crippen LogP contribution < -0.4 is 4.74 Å². The molecule has 2 unspecified atom stereocenters. The minimum Gasteiger partial charge on any atom is -0.485 e. The molecule has 0 fully saturated rings. The van der Waals surface area contributed by atoms with Crippen LogP contribution in [0.5, 0.6) is 5.75 Å². The molecule has 0 saturated carbocycles. The highest BCUT2D eigenvalue weighted by Crippen LogP contribution is 2.44. The van der Waals surface area contributed by atoms with E-state index in [1.807, 2.05) is 36.4 Å². The smallest absolute Gasteiger partial charge is 0.164 e. The zero-order valence-corrected chi connectivity index (χ0v) is 27.9. The summed E-state index contributed by atoms with van der Waals surface area (Å²) in [5, 5.41) is 6.77. The van der Waals surface area contributed by atoms with E-state index < -0.39 is 0 Å². The monoisotopic (exact) mass is 667 g/mol. The number of benzene rings is 7. The summed E-state index contributed by atoms with van der Waals surface area (Å²) in [4.78, 5) is 15.7. The Balaban J connectivity index is 1.16. The molecule has 7 aromatic carbocycles. The highest BCUT2D eigenvalue weighted by atomic mass is 16.5. The third kappa shape index (κ3) is 4.60. The van der Waals surface area contributed by atoms with Gasteiger partial charge in [0.2, 0.25) is 0 Å². The Morgan fingerprint density at radius 1 is 0.500 bits per heavy atom. The summed E-state index contributed by atoms with van der Waals surface area (Å²) >= 11 is 0. The Morgan fingerprint density at radius 2 is 1.25 bits per heavy atom. The van der Waals surface area contributed by atoms with E-state index in [1.165, 1.54) is 21.7 Å². The summed E-state index contributed by atoms with van der Waals surface area (Å²) < 4.78 is 12.8. The highest BCUT2D eigenvalue weighted by molar-refractivity contribution is 6.13. The Hall–Kier alpha value is -6.85. The van der Waals surface area contributed by atoms with Crippen LogP contribution in [0.25, 0.3) is 83.0 Å². The van der Waals surface area contributed by atoms with Crippen molar-refractivity contribution in [2.24, 2.45) is 0 Å². The van der Waals surface area contributed by atoms with E-state index in [9.17, 15) is 0 Å². The minimum atomic E-state index is -0.0586. The van der Waals surface area contributed by atoms with Crippen LogP contribution in [0.2, 0.25) is 0 Å². The largest absolute Gasteiger partial charge is 0.485 e. The van der Waals surface area contributed by atoms with Gasteiger partial charge in [-0.15, -0.1) is 0 Å². The van der Waals surface area contributed by atoms with Crippen LogP contribution in [0.1, 0.15) is 17.3 Å². The lowest BCUT2D eigenvalue weighted by Crippen LogP contribution is -2.17. The molecule has 11 rings (SSSR count). The van der Waals surface area contributed by atoms with Crippen molar-refractivity contribution in [1.29, 1.82) is 0 Å². The molecule has 0 bridgehead atoms. The van der Waals surface area contributed by atoms with Gasteiger partial charge in [-0.2, -0.15) is 0 Å². The van der Waals surface area contributed by atoms with Gasteiger partial charge in [-0.3, -0.25) is 0 Å². The standard InChI is InChI=1S/C47H29N3O2/c1-2-10-28(11-3-1)33-26-39(44-37-15-7-9-17-41(37)52-43(44)27-33)47-49-45(31-20-22-35-30(24-31)19-18-29-12-4-5-13-34(29)35)48-46(50-47)32-21-23-42-38(25-32)36-14-6-8-16-40(36)51-42/h1-27,38,42H. The average Bonchev–Trinajstić information content (AvgIpc) is 3.78. The number of fused-ring (bicyclic) bond motifs is 9. The first-order valence-electron chi connectivity index (χ1n) is 17.6. The number of hydrogen-bond donors (Lipinski definition) is 0. The van der Waals surface area contributed by atoms with Gasteiger partial charge in [0, 0.05) is 39.0 Å². The zero-order valence-electron chi connectivity index (χ0n) is 27.9. The van der Waals surface area contributed by atoms with Gasteiger partial charge in [-0.25, -0.2) is 15.0 Å². The fourth-order valence-corrected chi connectivity index (χ4v) is 7.94. The molecule has 2 atom stereocenters. The van der Waals surface area contributed by atoms with Crippen LogP contribution in [0, 0.1) is 0 Å². The van der Waals surface area contributed by atoms with Crippen molar-refractivity contribution in [1.82, 2.24) is 15.0 Å². The van der Waals surface area contributed by atoms with Crippen LogP contribution in [0.15, 0.2) is 168 Å². The lowest BCUT2D eigenvalue weighted by atomic mass is 9.89. The van der Waals surface area contributed by atoms with Crippen molar-refractivity contribution >= 4 is 49.1 Å². The second-order valence-electron chi connectivity index (χ2n) is 13.5. The topological polar surface area (TPSA) is 61.0 Å². The van der Waals surface area contributed by atoms with Crippen LogP contribution in [0.4, 0.5) is 0 Å². The van der Waals surface area contributed by atoms with E-state index in [0.29, 0.717) is 17.5 Å². The summed E-state index contributed by atoms with van der Waals surface area (Å²) in [6.07, 6.45) is 6.40. The van der Waals surface area contributed by atoms with E-state index in [2.05, 4.69) is 127 Å². The van der Waals surface area contributed by atoms with Crippen LogP contribution in [-0.4, -0.2) is 21.1 Å². The highest BCUT2D eigenvalue weighted by Gasteiger charge is 2.34. The Bertz CT molecular complexity index is 2960. The van der Waals surface area contributed by atoms with Gasteiger partial charge >= 0.3 is 0 Å². The number of hydrogen-bond acceptors (Lipinski definition) is 5. The molecule has 0 saturated heterocycles. The molecule has 0 amide bonds. The summed E-state index contributed by atoms with van der Waals surface area (Å²) in [5.74, 6) is 2.81. The second kappa shape index (κ2) is 11.3. The summed E-state index contributed by atoms with van der Waals surface area (Å²) in [6.45, 7) is 0. The quantitative estimate of drug-likeness (QED) is 0.175. The molecule has 1 aliphatic heterocycles. The lowest BCUT2D eigenvalue weighted by molar-refractivity contribution is 0.269. The molecule has 1 aliphatic carbocycles. The van der Waals surface area contributed by atoms with Crippen molar-refractivity contribution in [3.63, 3.8) is 0 Å². The van der Waals surface area contributed by atoms with E-state index in [0.717, 1.165) is 60.9 Å². The maximum Gasteiger partial charge on any atom is 0.164 e. The molecular weight excluding hydrogens is 639 g/mol. The van der Waals surface area contributed by atoms with Gasteiger partial charge in [0.1, 0.15) is 23.0 Å². The molecule has 0 spiro atoms. The molecular formula is C47H29N3O2. The van der Waals surface area contributed by atoms with Crippen LogP contribution in [-0.2, 0) is 0 Å². The fourth-order valence-electron chi connectivity index (χ4n) is 7.94. The molecule has 0 radical (unpaired) electrons. The molecule has 0 N–H and O–H groups in total. The summed E-state index contributed by atoms with van der Waals surface area (Å²) in [7, 11) is 0. The van der Waals surface area contributed by atoms with E-state index in [4.69, 9.17) is 24.1 Å². The summed E-state index contributed by atoms with van der Waals surface area (Å²) in [6, 6.07) is 50.5. The first-order chi connectivity index (χ1) is 25.7. The molecule has 5 heteroatoms. The first kappa shape index (κ1) is 28.9. The Morgan fingerprint density at radius 3 is 2.19 bits per heavy atom. The van der Waals surface area contributed by atoms with Gasteiger partial charge in [0.25, 0.3) is 0 Å². The minimum absolute atomic E-state index is 0.0586. The second-order valence-corrected chi connectivity index (χ2v) is 13.5. The molecule has 3 heterocycles. The van der Waals surface area contributed by atoms with Crippen molar-refractivity contribution in [2.75, 3.05) is 0 Å². The number of furan rings is 1. The van der Waals surface area contributed by atoms with E-state index in [-0.39, 0.29) is 12.0 Å². The van der Waals surface area contributed by atoms with Crippen molar-refractivity contribution in [3.05, 3.63) is 175 Å². The van der Waals surface area contributed by atoms with Gasteiger partial charge in [-0.1, -0.05) is 127 Å². The Labute approximate surface area is 299 Å². The Kier molecular flexibility index (Phi) is 6.31. The third-order valence-electron chi connectivity index (χ3n) is 10.4. The van der Waals surface area contributed by atoms with Gasteiger partial charge in [0.15, 0.2) is 17.5 Å². The van der Waals surface area contributed by atoms with Crippen LogP contribution >= 0.6 is 0 Å². The normalized spacial score (nSPS) is 16.3. The molecule has 244 valence electrons. The molecule has 5 nitrogen and oxygen atoms in total. The lowest BCUT2D eigenvalue weighted by Gasteiger charge is -2.18. The molecule has 52 heavy (non-hydrogen) atoms. The van der Waals surface area contributed by atoms with Gasteiger partial charge in [0.05, 0.1) is 0 Å². The van der Waals surface area contributed by atoms with E-state index in [1.54, 1.807) is 0 Å². The average molecular weight is 668 g/mol. The summed E-state index contributed by atoms with van der Waals surface area (Å²) in [5.41, 5.74) is 7.66. The number of allylic oxidation sites excluding steroid dienone is 2. The van der Waals surface area contributed by atoms with Crippen molar-refractivity contribution in [2.45, 2.75) is 12.0 Å². The number of rotatable bonds is 4. The predicted molar refractivity (Wildman–Crippen MR) is 209 cm³/mol. The van der Waals surface area contributed by atoms with Gasteiger partial charge in [-0.05, 0) is 69.1 Å². The van der Waals surface area contributed by atoms with E-state index >= 15 is 0 Å². The van der Waals surface area contributed by atoms with Crippen molar-refractivity contribution in [3.8, 4) is 39.7 Å². The first-order valence-corrected chi connectivity index (χ1v) is 17.6. The number of aromatic nitrogens is 3. The predicted octanol–water partition coefficient (Wildman–Crippen LogP) is 11.6. The zero-order chi connectivity index (χ0) is 34.2. The number of nitrogens with zero attached hydrogens (tertiary/aromatic N) is 3. The number of ether oxygens (including phenoxy) is 1. The SMILES string of the molecule is C1=CC2Oc3ccccc3C2C=C1c1nc(-c2ccc3c(ccc4ccccc43)c2)nc(-c2cc(-c3ccccc3)cc3oc4ccccc4c23)n1. The maximum absolute atomic E-state index is 6.49. The molecule has 2 aliphatic rings. The van der Waals surface area contributed by atoms with Gasteiger partial charge < -0.3 is 9.15 Å².